The van der Waals surface area contributed by atoms with E-state index in [-0.39, 0.29) is 24.1 Å². The summed E-state index contributed by atoms with van der Waals surface area (Å²) in [7, 11) is 0. The first kappa shape index (κ1) is 20.8. The number of amides is 1. The van der Waals surface area contributed by atoms with Crippen molar-refractivity contribution in [2.75, 3.05) is 23.4 Å². The Bertz CT molecular complexity index is 898. The van der Waals surface area contributed by atoms with Crippen molar-refractivity contribution in [3.05, 3.63) is 58.9 Å². The molecule has 0 unspecified atom stereocenters. The number of esters is 1. The van der Waals surface area contributed by atoms with Crippen LogP contribution in [0.5, 0.6) is 0 Å². The number of carbonyl (C=O) groups excluding carboxylic acids is 2. The third kappa shape index (κ3) is 5.34. The van der Waals surface area contributed by atoms with Crippen LogP contribution in [0.2, 0.25) is 0 Å². The van der Waals surface area contributed by atoms with Gasteiger partial charge in [-0.15, -0.1) is 0 Å². The highest BCUT2D eigenvalue weighted by molar-refractivity contribution is 5.92. The molecule has 0 radical (unpaired) electrons. The van der Waals surface area contributed by atoms with Crippen LogP contribution >= 0.6 is 0 Å². The first-order valence-corrected chi connectivity index (χ1v) is 10.1. The Kier molecular flexibility index (Phi) is 6.86. The highest BCUT2D eigenvalue weighted by Crippen LogP contribution is 2.28. The molecule has 0 fully saturated rings. The molecule has 6 heteroatoms. The predicted octanol–water partition coefficient (Wildman–Crippen LogP) is 4.23. The third-order valence-corrected chi connectivity index (χ3v) is 5.10. The van der Waals surface area contributed by atoms with Gasteiger partial charge in [0.05, 0.1) is 6.61 Å². The van der Waals surface area contributed by atoms with E-state index in [0.29, 0.717) is 30.8 Å². The van der Waals surface area contributed by atoms with E-state index in [1.165, 1.54) is 11.6 Å². The third-order valence-electron chi connectivity index (χ3n) is 5.10. The number of carbonyl (C=O) groups is 2. The molecule has 2 aromatic carbocycles. The minimum absolute atomic E-state index is 0.0523. The van der Waals surface area contributed by atoms with Crippen molar-refractivity contribution in [1.29, 1.82) is 0 Å². The Balaban J connectivity index is 1.63. The number of benzene rings is 2. The lowest BCUT2D eigenvalue weighted by Crippen LogP contribution is -2.33. The summed E-state index contributed by atoms with van der Waals surface area (Å²) in [6, 6.07) is 11.1. The molecule has 0 aromatic heterocycles. The SMILES string of the molecule is CCOC(=O)CCc1ccc(NCc2ccc3c(c2)N(C(C)=O)CCC3)cc1F. The molecular formula is C23H27FN2O3. The minimum Gasteiger partial charge on any atom is -0.466 e. The first-order valence-electron chi connectivity index (χ1n) is 10.1. The lowest BCUT2D eigenvalue weighted by atomic mass is 9.99. The molecular weight excluding hydrogens is 371 g/mol. The van der Waals surface area contributed by atoms with Gasteiger partial charge in [0.1, 0.15) is 5.82 Å². The number of hydrogen-bond donors (Lipinski definition) is 1. The van der Waals surface area contributed by atoms with Gasteiger partial charge in [0.2, 0.25) is 5.91 Å². The maximum atomic E-state index is 14.3. The smallest absolute Gasteiger partial charge is 0.306 e. The quantitative estimate of drug-likeness (QED) is 0.709. The van der Waals surface area contributed by atoms with Gasteiger partial charge < -0.3 is 15.0 Å². The van der Waals surface area contributed by atoms with Crippen LogP contribution in [-0.2, 0) is 33.7 Å². The maximum absolute atomic E-state index is 14.3. The molecule has 0 saturated heterocycles. The van der Waals surface area contributed by atoms with Crippen LogP contribution in [0.4, 0.5) is 15.8 Å². The maximum Gasteiger partial charge on any atom is 0.306 e. The summed E-state index contributed by atoms with van der Waals surface area (Å²) < 4.78 is 19.2. The molecule has 0 atom stereocenters. The Morgan fingerprint density at radius 3 is 2.76 bits per heavy atom. The summed E-state index contributed by atoms with van der Waals surface area (Å²) in [5.41, 5.74) is 4.36. The molecule has 1 N–H and O–H groups in total. The average molecular weight is 398 g/mol. The van der Waals surface area contributed by atoms with Gasteiger partial charge in [0.25, 0.3) is 0 Å². The van der Waals surface area contributed by atoms with E-state index in [1.807, 2.05) is 23.1 Å². The number of aryl methyl sites for hydroxylation is 2. The molecule has 1 heterocycles. The van der Waals surface area contributed by atoms with Crippen molar-refractivity contribution in [2.45, 2.75) is 46.1 Å². The van der Waals surface area contributed by atoms with Gasteiger partial charge in [-0.25, -0.2) is 4.39 Å². The standard InChI is InChI=1S/C23H27FN2O3/c1-3-29-23(28)11-9-18-8-10-20(14-21(18)24)25-15-17-6-7-19-5-4-12-26(16(2)27)22(19)13-17/h6-8,10,13-14,25H,3-5,9,11-12,15H2,1-2H3. The Hall–Kier alpha value is -2.89. The van der Waals surface area contributed by atoms with Gasteiger partial charge in [-0.3, -0.25) is 9.59 Å². The van der Waals surface area contributed by atoms with Gasteiger partial charge in [-0.05, 0) is 61.1 Å². The van der Waals surface area contributed by atoms with Gasteiger partial charge in [0, 0.05) is 37.8 Å². The van der Waals surface area contributed by atoms with Crippen LogP contribution in [0.1, 0.15) is 43.4 Å². The van der Waals surface area contributed by atoms with E-state index in [2.05, 4.69) is 11.4 Å². The zero-order chi connectivity index (χ0) is 20.8. The number of nitrogens with one attached hydrogen (secondary N) is 1. The molecule has 2 aromatic rings. The summed E-state index contributed by atoms with van der Waals surface area (Å²) in [4.78, 5) is 25.2. The predicted molar refractivity (Wildman–Crippen MR) is 111 cm³/mol. The number of ether oxygens (including phenoxy) is 1. The zero-order valence-corrected chi connectivity index (χ0v) is 17.0. The molecule has 0 bridgehead atoms. The lowest BCUT2D eigenvalue weighted by molar-refractivity contribution is -0.143. The fourth-order valence-electron chi connectivity index (χ4n) is 3.59. The number of rotatable bonds is 7. The molecule has 1 amide bonds. The Morgan fingerprint density at radius 1 is 1.21 bits per heavy atom. The zero-order valence-electron chi connectivity index (χ0n) is 17.0. The van der Waals surface area contributed by atoms with E-state index in [9.17, 15) is 14.0 Å². The number of hydrogen-bond acceptors (Lipinski definition) is 4. The van der Waals surface area contributed by atoms with Gasteiger partial charge in [0.15, 0.2) is 0 Å². The van der Waals surface area contributed by atoms with Crippen LogP contribution in [0.25, 0.3) is 0 Å². The van der Waals surface area contributed by atoms with Gasteiger partial charge in [-0.1, -0.05) is 18.2 Å². The number of halogens is 1. The summed E-state index contributed by atoms with van der Waals surface area (Å²) in [6.45, 7) is 4.95. The van der Waals surface area contributed by atoms with Crippen molar-refractivity contribution in [3.8, 4) is 0 Å². The normalized spacial score (nSPS) is 13.0. The molecule has 0 spiro atoms. The number of fused-ring (bicyclic) bond motifs is 1. The van der Waals surface area contributed by atoms with Crippen LogP contribution < -0.4 is 10.2 Å². The molecule has 5 nitrogen and oxygen atoms in total. The van der Waals surface area contributed by atoms with E-state index in [0.717, 1.165) is 30.6 Å². The summed E-state index contributed by atoms with van der Waals surface area (Å²) in [5.74, 6) is -0.606. The van der Waals surface area contributed by atoms with Crippen molar-refractivity contribution in [1.82, 2.24) is 0 Å². The van der Waals surface area contributed by atoms with Crippen molar-refractivity contribution in [3.63, 3.8) is 0 Å². The highest BCUT2D eigenvalue weighted by Gasteiger charge is 2.20. The second-order valence-corrected chi connectivity index (χ2v) is 7.20. The fourth-order valence-corrected chi connectivity index (χ4v) is 3.59. The summed E-state index contributed by atoms with van der Waals surface area (Å²) in [6.07, 6.45) is 2.44. The molecule has 29 heavy (non-hydrogen) atoms. The number of nitrogens with zero attached hydrogens (tertiary/aromatic N) is 1. The van der Waals surface area contributed by atoms with Crippen LogP contribution in [0.3, 0.4) is 0 Å². The second kappa shape index (κ2) is 9.54. The monoisotopic (exact) mass is 398 g/mol. The summed E-state index contributed by atoms with van der Waals surface area (Å²) in [5, 5.41) is 3.23. The minimum atomic E-state index is -0.340. The first-order chi connectivity index (χ1) is 14.0. The molecule has 3 rings (SSSR count). The van der Waals surface area contributed by atoms with Crippen molar-refractivity contribution >= 4 is 23.3 Å². The Labute approximate surface area is 170 Å². The van der Waals surface area contributed by atoms with E-state index in [1.54, 1.807) is 19.9 Å². The van der Waals surface area contributed by atoms with Crippen molar-refractivity contribution < 1.29 is 18.7 Å². The van der Waals surface area contributed by atoms with Crippen molar-refractivity contribution in [2.24, 2.45) is 0 Å². The summed E-state index contributed by atoms with van der Waals surface area (Å²) >= 11 is 0. The van der Waals surface area contributed by atoms with Crippen LogP contribution in [0.15, 0.2) is 36.4 Å². The average Bonchev–Trinajstić information content (AvgIpc) is 2.71. The molecule has 154 valence electrons. The molecule has 1 aliphatic heterocycles. The molecule has 0 aliphatic carbocycles. The second-order valence-electron chi connectivity index (χ2n) is 7.20. The van der Waals surface area contributed by atoms with Gasteiger partial charge in [-0.2, -0.15) is 0 Å². The highest BCUT2D eigenvalue weighted by atomic mass is 19.1. The van der Waals surface area contributed by atoms with E-state index < -0.39 is 0 Å². The number of anilines is 2. The molecule has 1 aliphatic rings. The topological polar surface area (TPSA) is 58.6 Å². The Morgan fingerprint density at radius 2 is 2.03 bits per heavy atom. The fraction of sp³-hybridized carbons (Fsp3) is 0.391. The molecule has 0 saturated carbocycles. The van der Waals surface area contributed by atoms with Gasteiger partial charge >= 0.3 is 5.97 Å². The van der Waals surface area contributed by atoms with Crippen LogP contribution in [-0.4, -0.2) is 25.0 Å². The van der Waals surface area contributed by atoms with E-state index in [4.69, 9.17) is 4.74 Å². The largest absolute Gasteiger partial charge is 0.466 e. The van der Waals surface area contributed by atoms with Crippen LogP contribution in [0, 0.1) is 5.82 Å². The lowest BCUT2D eigenvalue weighted by Gasteiger charge is -2.29. The van der Waals surface area contributed by atoms with E-state index >= 15 is 0 Å².